The van der Waals surface area contributed by atoms with Crippen LogP contribution in [0, 0.1) is 17.2 Å². The molecule has 0 aromatic heterocycles. The van der Waals surface area contributed by atoms with Gasteiger partial charge in [-0.1, -0.05) is 13.8 Å². The number of aliphatic hydroxyl groups excluding tert-OH is 2. The summed E-state index contributed by atoms with van der Waals surface area (Å²) in [6.45, 7) is 5.11. The summed E-state index contributed by atoms with van der Waals surface area (Å²) in [4.78, 5) is 0. The lowest BCUT2D eigenvalue weighted by molar-refractivity contribution is 0.0966. The van der Waals surface area contributed by atoms with E-state index in [2.05, 4.69) is 19.2 Å². The minimum Gasteiger partial charge on any atom is -0.491 e. The standard InChI is InChI=1S/C16H24N2O3/c1-12(2)7-14(19)9-18-10-15(20)11-21-16-5-3-13(8-17)4-6-16/h3-6,12,14-15,18-20H,7,9-11H2,1-2H3. The Balaban J connectivity index is 2.18. The van der Waals surface area contributed by atoms with Crippen molar-refractivity contribution in [1.82, 2.24) is 5.32 Å². The number of ether oxygens (including phenoxy) is 1. The number of nitrogens with one attached hydrogen (secondary N) is 1. The minimum absolute atomic E-state index is 0.166. The second kappa shape index (κ2) is 9.35. The third-order valence-corrected chi connectivity index (χ3v) is 2.93. The molecule has 0 heterocycles. The highest BCUT2D eigenvalue weighted by molar-refractivity contribution is 5.34. The van der Waals surface area contributed by atoms with Crippen molar-refractivity contribution in [2.45, 2.75) is 32.5 Å². The van der Waals surface area contributed by atoms with Crippen molar-refractivity contribution in [3.8, 4) is 11.8 Å². The monoisotopic (exact) mass is 292 g/mol. The zero-order valence-corrected chi connectivity index (χ0v) is 12.6. The van der Waals surface area contributed by atoms with E-state index in [0.29, 0.717) is 30.3 Å². The van der Waals surface area contributed by atoms with Crippen LogP contribution >= 0.6 is 0 Å². The topological polar surface area (TPSA) is 85.5 Å². The Morgan fingerprint density at radius 2 is 1.76 bits per heavy atom. The van der Waals surface area contributed by atoms with E-state index in [1.54, 1.807) is 24.3 Å². The Morgan fingerprint density at radius 1 is 1.14 bits per heavy atom. The van der Waals surface area contributed by atoms with E-state index in [-0.39, 0.29) is 6.61 Å². The lowest BCUT2D eigenvalue weighted by Crippen LogP contribution is -2.36. The summed E-state index contributed by atoms with van der Waals surface area (Å²) in [6.07, 6.45) is -0.297. The molecule has 0 spiro atoms. The third kappa shape index (κ3) is 7.66. The molecule has 0 radical (unpaired) electrons. The van der Waals surface area contributed by atoms with Gasteiger partial charge in [0.05, 0.1) is 17.7 Å². The maximum absolute atomic E-state index is 9.78. The molecule has 2 atom stereocenters. The van der Waals surface area contributed by atoms with Crippen LogP contribution in [0.3, 0.4) is 0 Å². The highest BCUT2D eigenvalue weighted by atomic mass is 16.5. The number of rotatable bonds is 9. The molecule has 0 saturated carbocycles. The quantitative estimate of drug-likeness (QED) is 0.638. The molecule has 1 rings (SSSR count). The van der Waals surface area contributed by atoms with Crippen molar-refractivity contribution in [3.05, 3.63) is 29.8 Å². The summed E-state index contributed by atoms with van der Waals surface area (Å²) in [5.74, 6) is 1.07. The minimum atomic E-state index is -0.646. The maximum Gasteiger partial charge on any atom is 0.119 e. The van der Waals surface area contributed by atoms with Crippen molar-refractivity contribution in [2.75, 3.05) is 19.7 Å². The molecule has 0 amide bonds. The Labute approximate surface area is 126 Å². The summed E-state index contributed by atoms with van der Waals surface area (Å²) >= 11 is 0. The van der Waals surface area contributed by atoms with Crippen LogP contribution in [0.4, 0.5) is 0 Å². The Hall–Kier alpha value is -1.61. The van der Waals surface area contributed by atoms with Gasteiger partial charge in [0, 0.05) is 13.1 Å². The zero-order chi connectivity index (χ0) is 15.7. The fraction of sp³-hybridized carbons (Fsp3) is 0.562. The van der Waals surface area contributed by atoms with Crippen LogP contribution in [0.1, 0.15) is 25.8 Å². The van der Waals surface area contributed by atoms with Gasteiger partial charge in [-0.2, -0.15) is 5.26 Å². The first kappa shape index (κ1) is 17.4. The average molecular weight is 292 g/mol. The first-order chi connectivity index (χ1) is 10.0. The van der Waals surface area contributed by atoms with Gasteiger partial charge < -0.3 is 20.3 Å². The fourth-order valence-electron chi connectivity index (χ4n) is 1.92. The van der Waals surface area contributed by atoms with E-state index in [1.165, 1.54) is 0 Å². The van der Waals surface area contributed by atoms with E-state index in [4.69, 9.17) is 10.00 Å². The number of aliphatic hydroxyl groups is 2. The molecular weight excluding hydrogens is 268 g/mol. The smallest absolute Gasteiger partial charge is 0.119 e. The normalized spacial score (nSPS) is 13.7. The van der Waals surface area contributed by atoms with Gasteiger partial charge in [0.25, 0.3) is 0 Å². The van der Waals surface area contributed by atoms with E-state index < -0.39 is 12.2 Å². The number of hydrogen-bond donors (Lipinski definition) is 3. The van der Waals surface area contributed by atoms with E-state index in [0.717, 1.165) is 6.42 Å². The SMILES string of the molecule is CC(C)CC(O)CNCC(O)COc1ccc(C#N)cc1. The van der Waals surface area contributed by atoms with E-state index >= 15 is 0 Å². The highest BCUT2D eigenvalue weighted by Gasteiger charge is 2.09. The molecule has 1 aromatic carbocycles. The van der Waals surface area contributed by atoms with Gasteiger partial charge in [0.1, 0.15) is 18.5 Å². The molecule has 0 aliphatic heterocycles. The highest BCUT2D eigenvalue weighted by Crippen LogP contribution is 2.11. The Morgan fingerprint density at radius 3 is 2.33 bits per heavy atom. The summed E-state index contributed by atoms with van der Waals surface area (Å²) in [5, 5.41) is 31.2. The van der Waals surface area contributed by atoms with Crippen molar-refractivity contribution in [1.29, 1.82) is 5.26 Å². The number of hydrogen-bond acceptors (Lipinski definition) is 5. The lowest BCUT2D eigenvalue weighted by Gasteiger charge is -2.16. The van der Waals surface area contributed by atoms with Gasteiger partial charge in [-0.25, -0.2) is 0 Å². The van der Waals surface area contributed by atoms with Crippen LogP contribution in [0.15, 0.2) is 24.3 Å². The molecule has 21 heavy (non-hydrogen) atoms. The fourth-order valence-corrected chi connectivity index (χ4v) is 1.92. The molecule has 0 aliphatic rings. The van der Waals surface area contributed by atoms with Crippen LogP contribution in [-0.4, -0.2) is 42.1 Å². The van der Waals surface area contributed by atoms with E-state index in [9.17, 15) is 10.2 Å². The molecule has 3 N–H and O–H groups in total. The molecule has 1 aromatic rings. The van der Waals surface area contributed by atoms with Gasteiger partial charge in [0.2, 0.25) is 0 Å². The molecule has 5 nitrogen and oxygen atoms in total. The summed E-state index contributed by atoms with van der Waals surface area (Å²) in [7, 11) is 0. The number of nitriles is 1. The van der Waals surface area contributed by atoms with Crippen LogP contribution in [0.5, 0.6) is 5.75 Å². The summed E-state index contributed by atoms with van der Waals surface area (Å²) in [6, 6.07) is 8.77. The predicted octanol–water partition coefficient (Wildman–Crippen LogP) is 1.29. The number of benzene rings is 1. The molecular formula is C16H24N2O3. The average Bonchev–Trinajstić information content (AvgIpc) is 2.45. The summed E-state index contributed by atoms with van der Waals surface area (Å²) < 4.78 is 5.43. The van der Waals surface area contributed by atoms with Crippen LogP contribution in [0.2, 0.25) is 0 Å². The molecule has 0 bridgehead atoms. The molecule has 0 fully saturated rings. The van der Waals surface area contributed by atoms with Gasteiger partial charge in [-0.05, 0) is 36.6 Å². The van der Waals surface area contributed by atoms with Crippen LogP contribution < -0.4 is 10.1 Å². The van der Waals surface area contributed by atoms with Gasteiger partial charge in [-0.15, -0.1) is 0 Å². The van der Waals surface area contributed by atoms with Crippen molar-refractivity contribution >= 4 is 0 Å². The van der Waals surface area contributed by atoms with Crippen LogP contribution in [0.25, 0.3) is 0 Å². The molecule has 2 unspecified atom stereocenters. The van der Waals surface area contributed by atoms with E-state index in [1.807, 2.05) is 6.07 Å². The zero-order valence-electron chi connectivity index (χ0n) is 12.6. The lowest BCUT2D eigenvalue weighted by atomic mass is 10.1. The molecule has 0 aliphatic carbocycles. The third-order valence-electron chi connectivity index (χ3n) is 2.93. The maximum atomic E-state index is 9.78. The first-order valence-electron chi connectivity index (χ1n) is 7.21. The molecule has 0 saturated heterocycles. The van der Waals surface area contributed by atoms with Gasteiger partial charge >= 0.3 is 0 Å². The van der Waals surface area contributed by atoms with Gasteiger partial charge in [-0.3, -0.25) is 0 Å². The largest absolute Gasteiger partial charge is 0.491 e. The number of nitrogens with zero attached hydrogens (tertiary/aromatic N) is 1. The van der Waals surface area contributed by atoms with Crippen molar-refractivity contribution in [2.24, 2.45) is 5.92 Å². The predicted molar refractivity (Wildman–Crippen MR) is 81.0 cm³/mol. The van der Waals surface area contributed by atoms with Gasteiger partial charge in [0.15, 0.2) is 0 Å². The van der Waals surface area contributed by atoms with Crippen molar-refractivity contribution < 1.29 is 14.9 Å². The second-order valence-electron chi connectivity index (χ2n) is 5.54. The Bertz CT molecular complexity index is 440. The molecule has 116 valence electrons. The molecule has 5 heteroatoms. The first-order valence-corrected chi connectivity index (χ1v) is 7.21. The summed E-state index contributed by atoms with van der Waals surface area (Å²) in [5.41, 5.74) is 0.573. The second-order valence-corrected chi connectivity index (χ2v) is 5.54. The Kier molecular flexibility index (Phi) is 7.76. The van der Waals surface area contributed by atoms with Crippen LogP contribution in [-0.2, 0) is 0 Å². The van der Waals surface area contributed by atoms with Crippen molar-refractivity contribution in [3.63, 3.8) is 0 Å².